The molecule has 6 heteroatoms. The molecule has 1 aliphatic heterocycles. The zero-order chi connectivity index (χ0) is 14.1. The molecule has 0 atom stereocenters. The summed E-state index contributed by atoms with van der Waals surface area (Å²) in [6, 6.07) is 8.00. The molecule has 2 N–H and O–H groups in total. The Bertz CT molecular complexity index is 636. The van der Waals surface area contributed by atoms with E-state index in [1.807, 2.05) is 25.2 Å². The van der Waals surface area contributed by atoms with Gasteiger partial charge in [-0.1, -0.05) is 18.2 Å². The van der Waals surface area contributed by atoms with Crippen LogP contribution in [0.15, 0.2) is 36.7 Å². The highest BCUT2D eigenvalue weighted by Gasteiger charge is 2.27. The van der Waals surface area contributed by atoms with Crippen molar-refractivity contribution in [3.8, 4) is 0 Å². The molecule has 20 heavy (non-hydrogen) atoms. The average molecular weight is 271 g/mol. The Balaban J connectivity index is 1.82. The number of fused-ring (bicyclic) bond motifs is 1. The molecule has 6 nitrogen and oxygen atoms in total. The number of amides is 2. The number of nitrogens with two attached hydrogens (primary N) is 1. The van der Waals surface area contributed by atoms with Crippen molar-refractivity contribution >= 4 is 17.4 Å². The number of carbonyl (C=O) groups is 1. The third kappa shape index (κ3) is 2.20. The van der Waals surface area contributed by atoms with Crippen LogP contribution in [0.25, 0.3) is 0 Å². The Morgan fingerprint density at radius 2 is 2.10 bits per heavy atom. The van der Waals surface area contributed by atoms with E-state index in [1.54, 1.807) is 26.9 Å². The van der Waals surface area contributed by atoms with Gasteiger partial charge in [0.15, 0.2) is 0 Å². The Labute approximate surface area is 117 Å². The molecule has 1 aromatic heterocycles. The second-order valence-corrected chi connectivity index (χ2v) is 4.96. The molecular formula is C14H17N5O. The quantitative estimate of drug-likeness (QED) is 0.920. The zero-order valence-corrected chi connectivity index (χ0v) is 11.4. The third-order valence-electron chi connectivity index (χ3n) is 3.45. The van der Waals surface area contributed by atoms with Crippen molar-refractivity contribution in [3.05, 3.63) is 42.2 Å². The summed E-state index contributed by atoms with van der Waals surface area (Å²) in [4.78, 5) is 15.8. The standard InChI is InChI=1S/C14H17N5O/c1-17-9-11-4-2-3-5-13(11)19(14(17)20)7-6-18-10-12(15)8-16-18/h2-5,8,10H,6-7,9,15H2,1H3. The molecule has 1 aliphatic rings. The molecule has 0 radical (unpaired) electrons. The maximum atomic E-state index is 12.3. The summed E-state index contributed by atoms with van der Waals surface area (Å²) in [6.45, 7) is 1.84. The van der Waals surface area contributed by atoms with Crippen LogP contribution >= 0.6 is 0 Å². The van der Waals surface area contributed by atoms with Gasteiger partial charge in [0.2, 0.25) is 0 Å². The average Bonchev–Trinajstić information content (AvgIpc) is 2.85. The highest BCUT2D eigenvalue weighted by molar-refractivity contribution is 5.94. The van der Waals surface area contributed by atoms with E-state index < -0.39 is 0 Å². The Hall–Kier alpha value is -2.50. The van der Waals surface area contributed by atoms with Gasteiger partial charge in [-0.25, -0.2) is 4.79 Å². The SMILES string of the molecule is CN1Cc2ccccc2N(CCn2cc(N)cn2)C1=O. The summed E-state index contributed by atoms with van der Waals surface area (Å²) >= 11 is 0. The third-order valence-corrected chi connectivity index (χ3v) is 3.45. The lowest BCUT2D eigenvalue weighted by molar-refractivity contribution is 0.210. The predicted molar refractivity (Wildman–Crippen MR) is 77.3 cm³/mol. The van der Waals surface area contributed by atoms with Crippen molar-refractivity contribution in [2.75, 3.05) is 24.2 Å². The first-order valence-corrected chi connectivity index (χ1v) is 6.53. The molecule has 0 bridgehead atoms. The van der Waals surface area contributed by atoms with E-state index in [0.29, 0.717) is 25.3 Å². The number of nitrogen functional groups attached to an aromatic ring is 1. The first-order chi connectivity index (χ1) is 9.65. The van der Waals surface area contributed by atoms with Crippen LogP contribution in [0.5, 0.6) is 0 Å². The molecular weight excluding hydrogens is 254 g/mol. The van der Waals surface area contributed by atoms with Gasteiger partial charge < -0.3 is 10.6 Å². The van der Waals surface area contributed by atoms with Gasteiger partial charge in [0.05, 0.1) is 24.1 Å². The normalized spacial score (nSPS) is 14.6. The number of rotatable bonds is 3. The lowest BCUT2D eigenvalue weighted by Crippen LogP contribution is -2.46. The number of anilines is 2. The second-order valence-electron chi connectivity index (χ2n) is 4.96. The van der Waals surface area contributed by atoms with Gasteiger partial charge >= 0.3 is 6.03 Å². The van der Waals surface area contributed by atoms with Gasteiger partial charge in [0.25, 0.3) is 0 Å². The number of hydrogen-bond donors (Lipinski definition) is 1. The van der Waals surface area contributed by atoms with Gasteiger partial charge in [-0.2, -0.15) is 5.10 Å². The minimum atomic E-state index is 0.0174. The maximum Gasteiger partial charge on any atom is 0.324 e. The van der Waals surface area contributed by atoms with Gasteiger partial charge in [-0.15, -0.1) is 0 Å². The molecule has 0 aliphatic carbocycles. The molecule has 2 heterocycles. The van der Waals surface area contributed by atoms with E-state index >= 15 is 0 Å². The summed E-state index contributed by atoms with van der Waals surface area (Å²) in [6.07, 6.45) is 3.38. The fraction of sp³-hybridized carbons (Fsp3) is 0.286. The molecule has 2 amide bonds. The van der Waals surface area contributed by atoms with Crippen molar-refractivity contribution in [1.29, 1.82) is 0 Å². The Morgan fingerprint density at radius 3 is 2.85 bits per heavy atom. The summed E-state index contributed by atoms with van der Waals surface area (Å²) in [5, 5.41) is 4.14. The number of aromatic nitrogens is 2. The van der Waals surface area contributed by atoms with E-state index in [0.717, 1.165) is 11.3 Å². The highest BCUT2D eigenvalue weighted by Crippen LogP contribution is 2.27. The molecule has 0 saturated heterocycles. The molecule has 0 saturated carbocycles. The summed E-state index contributed by atoms with van der Waals surface area (Å²) < 4.78 is 1.75. The minimum absolute atomic E-state index is 0.0174. The lowest BCUT2D eigenvalue weighted by atomic mass is 10.1. The number of benzene rings is 1. The first kappa shape index (κ1) is 12.5. The van der Waals surface area contributed by atoms with Crippen LogP contribution in [-0.4, -0.2) is 34.3 Å². The predicted octanol–water partition coefficient (Wildman–Crippen LogP) is 1.54. The zero-order valence-electron chi connectivity index (χ0n) is 11.4. The van der Waals surface area contributed by atoms with Gasteiger partial charge in [-0.05, 0) is 11.6 Å². The topological polar surface area (TPSA) is 67.4 Å². The molecule has 1 aromatic carbocycles. The van der Waals surface area contributed by atoms with Gasteiger partial charge in [0, 0.05) is 26.3 Å². The molecule has 2 aromatic rings. The van der Waals surface area contributed by atoms with Crippen LogP contribution in [-0.2, 0) is 13.1 Å². The number of para-hydroxylation sites is 1. The highest BCUT2D eigenvalue weighted by atomic mass is 16.2. The number of urea groups is 1. The first-order valence-electron chi connectivity index (χ1n) is 6.53. The van der Waals surface area contributed by atoms with Gasteiger partial charge in [-0.3, -0.25) is 9.58 Å². The van der Waals surface area contributed by atoms with Crippen LogP contribution in [0, 0.1) is 0 Å². The fourth-order valence-corrected chi connectivity index (χ4v) is 2.46. The van der Waals surface area contributed by atoms with Crippen molar-refractivity contribution in [3.63, 3.8) is 0 Å². The maximum absolute atomic E-state index is 12.3. The van der Waals surface area contributed by atoms with Crippen molar-refractivity contribution in [2.24, 2.45) is 0 Å². The molecule has 0 unspecified atom stereocenters. The summed E-state index contributed by atoms with van der Waals surface area (Å²) in [7, 11) is 1.82. The fourth-order valence-electron chi connectivity index (χ4n) is 2.46. The number of hydrogen-bond acceptors (Lipinski definition) is 3. The smallest absolute Gasteiger partial charge is 0.324 e. The molecule has 0 fully saturated rings. The van der Waals surface area contributed by atoms with Crippen LogP contribution < -0.4 is 10.6 Å². The van der Waals surface area contributed by atoms with E-state index in [9.17, 15) is 4.79 Å². The lowest BCUT2D eigenvalue weighted by Gasteiger charge is -2.35. The van der Waals surface area contributed by atoms with E-state index in [-0.39, 0.29) is 6.03 Å². The van der Waals surface area contributed by atoms with E-state index in [2.05, 4.69) is 11.2 Å². The molecule has 104 valence electrons. The Kier molecular flexibility index (Phi) is 3.06. The number of nitrogens with zero attached hydrogens (tertiary/aromatic N) is 4. The summed E-state index contributed by atoms with van der Waals surface area (Å²) in [5.41, 5.74) is 8.42. The number of carbonyl (C=O) groups excluding carboxylic acids is 1. The van der Waals surface area contributed by atoms with Gasteiger partial charge in [0.1, 0.15) is 0 Å². The second kappa shape index (κ2) is 4.88. The molecule has 0 spiro atoms. The van der Waals surface area contributed by atoms with Crippen molar-refractivity contribution < 1.29 is 4.79 Å². The largest absolute Gasteiger partial charge is 0.396 e. The van der Waals surface area contributed by atoms with Crippen molar-refractivity contribution in [2.45, 2.75) is 13.1 Å². The van der Waals surface area contributed by atoms with Crippen molar-refractivity contribution in [1.82, 2.24) is 14.7 Å². The van der Waals surface area contributed by atoms with Crippen LogP contribution in [0.4, 0.5) is 16.2 Å². The summed E-state index contributed by atoms with van der Waals surface area (Å²) in [5.74, 6) is 0. The monoisotopic (exact) mass is 271 g/mol. The minimum Gasteiger partial charge on any atom is -0.396 e. The van der Waals surface area contributed by atoms with Crippen LogP contribution in [0.1, 0.15) is 5.56 Å². The Morgan fingerprint density at radius 1 is 1.30 bits per heavy atom. The van der Waals surface area contributed by atoms with E-state index in [4.69, 9.17) is 5.73 Å². The molecule has 3 rings (SSSR count). The van der Waals surface area contributed by atoms with Crippen LogP contribution in [0.3, 0.4) is 0 Å². The van der Waals surface area contributed by atoms with E-state index in [1.165, 1.54) is 0 Å². The van der Waals surface area contributed by atoms with Crippen LogP contribution in [0.2, 0.25) is 0 Å².